The topological polar surface area (TPSA) is 43.8 Å². The molecule has 1 aromatic heterocycles. The van der Waals surface area contributed by atoms with E-state index in [0.717, 1.165) is 16.1 Å². The molecule has 18 heavy (non-hydrogen) atoms. The van der Waals surface area contributed by atoms with E-state index in [4.69, 9.17) is 17.3 Å². The summed E-state index contributed by atoms with van der Waals surface area (Å²) in [5.74, 6) is 0.624. The van der Waals surface area contributed by atoms with E-state index in [-0.39, 0.29) is 0 Å². The van der Waals surface area contributed by atoms with E-state index in [1.165, 1.54) is 38.5 Å². The van der Waals surface area contributed by atoms with Gasteiger partial charge in [0.1, 0.15) is 0 Å². The molecule has 0 unspecified atom stereocenters. The SMILES string of the molecule is Nc1nc2ccc(Cl)cc2n1C1CCCCCC1. The molecule has 1 aliphatic rings. The summed E-state index contributed by atoms with van der Waals surface area (Å²) >= 11 is 6.09. The molecule has 1 heterocycles. The van der Waals surface area contributed by atoms with Crippen molar-refractivity contribution in [1.29, 1.82) is 0 Å². The zero-order valence-corrected chi connectivity index (χ0v) is 11.2. The Morgan fingerprint density at radius 3 is 2.61 bits per heavy atom. The summed E-state index contributed by atoms with van der Waals surface area (Å²) < 4.78 is 2.19. The van der Waals surface area contributed by atoms with Gasteiger partial charge in [0.15, 0.2) is 0 Å². The van der Waals surface area contributed by atoms with Crippen molar-refractivity contribution in [3.63, 3.8) is 0 Å². The highest BCUT2D eigenvalue weighted by molar-refractivity contribution is 6.31. The van der Waals surface area contributed by atoms with Gasteiger partial charge in [-0.05, 0) is 31.0 Å². The molecule has 0 amide bonds. The number of nitrogens with zero attached hydrogens (tertiary/aromatic N) is 2. The van der Waals surface area contributed by atoms with Crippen molar-refractivity contribution in [1.82, 2.24) is 9.55 Å². The van der Waals surface area contributed by atoms with Crippen molar-refractivity contribution >= 4 is 28.6 Å². The minimum atomic E-state index is 0.482. The fourth-order valence-electron chi connectivity index (χ4n) is 2.98. The van der Waals surface area contributed by atoms with Crippen LogP contribution in [0.3, 0.4) is 0 Å². The summed E-state index contributed by atoms with van der Waals surface area (Å²) in [5, 5.41) is 0.747. The van der Waals surface area contributed by atoms with Gasteiger partial charge in [-0.2, -0.15) is 0 Å². The second kappa shape index (κ2) is 4.81. The molecule has 0 saturated heterocycles. The van der Waals surface area contributed by atoms with E-state index in [0.29, 0.717) is 12.0 Å². The second-order valence-electron chi connectivity index (χ2n) is 5.12. The zero-order chi connectivity index (χ0) is 12.5. The molecule has 3 rings (SSSR count). The molecule has 96 valence electrons. The lowest BCUT2D eigenvalue weighted by atomic mass is 10.1. The summed E-state index contributed by atoms with van der Waals surface area (Å²) in [6.45, 7) is 0. The van der Waals surface area contributed by atoms with Crippen molar-refractivity contribution in [2.24, 2.45) is 0 Å². The minimum absolute atomic E-state index is 0.482. The molecule has 1 fully saturated rings. The normalized spacial score (nSPS) is 18.1. The number of rotatable bonds is 1. The van der Waals surface area contributed by atoms with Gasteiger partial charge in [0.2, 0.25) is 5.95 Å². The molecule has 0 bridgehead atoms. The highest BCUT2D eigenvalue weighted by Gasteiger charge is 2.19. The van der Waals surface area contributed by atoms with Gasteiger partial charge in [-0.15, -0.1) is 0 Å². The van der Waals surface area contributed by atoms with Crippen LogP contribution >= 0.6 is 11.6 Å². The Morgan fingerprint density at radius 1 is 1.17 bits per heavy atom. The largest absolute Gasteiger partial charge is 0.369 e. The maximum absolute atomic E-state index is 6.09. The first kappa shape index (κ1) is 11.8. The van der Waals surface area contributed by atoms with Crippen LogP contribution in [0.2, 0.25) is 5.02 Å². The van der Waals surface area contributed by atoms with Crippen molar-refractivity contribution in [3.05, 3.63) is 23.2 Å². The molecular weight excluding hydrogens is 246 g/mol. The van der Waals surface area contributed by atoms with Crippen LogP contribution < -0.4 is 5.73 Å². The van der Waals surface area contributed by atoms with Gasteiger partial charge in [0, 0.05) is 11.1 Å². The molecule has 0 atom stereocenters. The van der Waals surface area contributed by atoms with E-state index in [9.17, 15) is 0 Å². The van der Waals surface area contributed by atoms with Gasteiger partial charge >= 0.3 is 0 Å². The molecule has 0 aliphatic heterocycles. The summed E-state index contributed by atoms with van der Waals surface area (Å²) in [7, 11) is 0. The molecule has 2 N–H and O–H groups in total. The van der Waals surface area contributed by atoms with Crippen LogP contribution in [-0.4, -0.2) is 9.55 Å². The van der Waals surface area contributed by atoms with Gasteiger partial charge < -0.3 is 10.3 Å². The fourth-order valence-corrected chi connectivity index (χ4v) is 3.15. The fraction of sp³-hybridized carbons (Fsp3) is 0.500. The number of hydrogen-bond donors (Lipinski definition) is 1. The Hall–Kier alpha value is -1.22. The van der Waals surface area contributed by atoms with Gasteiger partial charge in [-0.3, -0.25) is 0 Å². The van der Waals surface area contributed by atoms with E-state index in [1.54, 1.807) is 0 Å². The average Bonchev–Trinajstić information content (AvgIpc) is 2.55. The lowest BCUT2D eigenvalue weighted by Gasteiger charge is -2.18. The third-order valence-corrected chi connectivity index (χ3v) is 4.10. The summed E-state index contributed by atoms with van der Waals surface area (Å²) in [5.41, 5.74) is 8.12. The molecule has 0 spiro atoms. The molecule has 1 saturated carbocycles. The van der Waals surface area contributed by atoms with Crippen LogP contribution in [0.1, 0.15) is 44.6 Å². The number of fused-ring (bicyclic) bond motifs is 1. The van der Waals surface area contributed by atoms with Crippen molar-refractivity contribution < 1.29 is 0 Å². The smallest absolute Gasteiger partial charge is 0.201 e. The Labute approximate surface area is 112 Å². The maximum Gasteiger partial charge on any atom is 0.201 e. The lowest BCUT2D eigenvalue weighted by Crippen LogP contribution is -2.11. The predicted octanol–water partition coefficient (Wildman–Crippen LogP) is 4.17. The first-order valence-corrected chi connectivity index (χ1v) is 7.06. The van der Waals surface area contributed by atoms with Crippen LogP contribution in [0.4, 0.5) is 5.95 Å². The number of aromatic nitrogens is 2. The average molecular weight is 264 g/mol. The molecule has 1 aromatic carbocycles. The number of imidazole rings is 1. The van der Waals surface area contributed by atoms with E-state index in [1.807, 2.05) is 18.2 Å². The second-order valence-corrected chi connectivity index (χ2v) is 5.55. The highest BCUT2D eigenvalue weighted by Crippen LogP contribution is 2.33. The predicted molar refractivity (Wildman–Crippen MR) is 75.9 cm³/mol. The monoisotopic (exact) mass is 263 g/mol. The van der Waals surface area contributed by atoms with Gasteiger partial charge in [0.05, 0.1) is 11.0 Å². The van der Waals surface area contributed by atoms with Crippen LogP contribution in [0.25, 0.3) is 11.0 Å². The quantitative estimate of drug-likeness (QED) is 0.785. The van der Waals surface area contributed by atoms with Gasteiger partial charge in [-0.1, -0.05) is 37.3 Å². The zero-order valence-electron chi connectivity index (χ0n) is 10.4. The third-order valence-electron chi connectivity index (χ3n) is 3.87. The van der Waals surface area contributed by atoms with Crippen LogP contribution in [0.15, 0.2) is 18.2 Å². The maximum atomic E-state index is 6.09. The molecular formula is C14H18ClN3. The van der Waals surface area contributed by atoms with Crippen molar-refractivity contribution in [2.75, 3.05) is 5.73 Å². The van der Waals surface area contributed by atoms with Gasteiger partial charge in [0.25, 0.3) is 0 Å². The molecule has 1 aliphatic carbocycles. The Balaban J connectivity index is 2.08. The number of hydrogen-bond acceptors (Lipinski definition) is 2. The number of nitrogens with two attached hydrogens (primary N) is 1. The van der Waals surface area contributed by atoms with Crippen LogP contribution in [0.5, 0.6) is 0 Å². The lowest BCUT2D eigenvalue weighted by molar-refractivity contribution is 0.459. The number of nitrogen functional groups attached to an aromatic ring is 1. The number of halogens is 1. The Bertz CT molecular complexity index is 553. The molecule has 0 radical (unpaired) electrons. The Kier molecular flexibility index (Phi) is 3.16. The molecule has 4 heteroatoms. The standard InChI is InChI=1S/C14H18ClN3/c15-10-7-8-12-13(9-10)18(14(16)17-12)11-5-3-1-2-4-6-11/h7-9,11H,1-6H2,(H2,16,17). The summed E-state index contributed by atoms with van der Waals surface area (Å²) in [4.78, 5) is 4.44. The number of benzene rings is 1. The van der Waals surface area contributed by atoms with Crippen LogP contribution in [0, 0.1) is 0 Å². The third kappa shape index (κ3) is 2.07. The first-order chi connectivity index (χ1) is 8.75. The molecule has 3 nitrogen and oxygen atoms in total. The minimum Gasteiger partial charge on any atom is -0.369 e. The van der Waals surface area contributed by atoms with E-state index in [2.05, 4.69) is 9.55 Å². The number of anilines is 1. The van der Waals surface area contributed by atoms with Crippen molar-refractivity contribution in [3.8, 4) is 0 Å². The van der Waals surface area contributed by atoms with E-state index < -0.39 is 0 Å². The first-order valence-electron chi connectivity index (χ1n) is 6.68. The summed E-state index contributed by atoms with van der Waals surface area (Å²) in [6, 6.07) is 6.27. The molecule has 2 aromatic rings. The van der Waals surface area contributed by atoms with Crippen molar-refractivity contribution in [2.45, 2.75) is 44.6 Å². The highest BCUT2D eigenvalue weighted by atomic mass is 35.5. The van der Waals surface area contributed by atoms with Gasteiger partial charge in [-0.25, -0.2) is 4.98 Å². The van der Waals surface area contributed by atoms with E-state index >= 15 is 0 Å². The van der Waals surface area contributed by atoms with Crippen LogP contribution in [-0.2, 0) is 0 Å². The Morgan fingerprint density at radius 2 is 1.89 bits per heavy atom. The summed E-state index contributed by atoms with van der Waals surface area (Å²) in [6.07, 6.45) is 7.63.